The molecule has 152 valence electrons. The molecule has 4 aromatic rings. The fraction of sp³-hybridized carbons (Fsp3) is 0.278. The summed E-state index contributed by atoms with van der Waals surface area (Å²) in [7, 11) is 0. The van der Waals surface area contributed by atoms with E-state index in [0.29, 0.717) is 10.9 Å². The summed E-state index contributed by atoms with van der Waals surface area (Å²) in [5.41, 5.74) is -1.62. The number of fused-ring (bicyclic) bond motifs is 1. The van der Waals surface area contributed by atoms with Crippen molar-refractivity contribution in [2.75, 3.05) is 0 Å². The highest BCUT2D eigenvalue weighted by Gasteiger charge is 2.39. The quantitative estimate of drug-likeness (QED) is 0.454. The SMILES string of the molecule is C[C@@H](SCc1cn2c(Cl)cnc2s1)[C@](O)(Cn1cncn1)c1ccc(F)cc1F. The maximum atomic E-state index is 14.6. The predicted molar refractivity (Wildman–Crippen MR) is 109 cm³/mol. The summed E-state index contributed by atoms with van der Waals surface area (Å²) in [6, 6.07) is 3.19. The highest BCUT2D eigenvalue weighted by atomic mass is 35.5. The molecular formula is C18H16ClF2N5OS2. The van der Waals surface area contributed by atoms with E-state index in [1.165, 1.54) is 46.5 Å². The van der Waals surface area contributed by atoms with Gasteiger partial charge in [-0.3, -0.25) is 4.40 Å². The van der Waals surface area contributed by atoms with Crippen molar-refractivity contribution in [3.8, 4) is 0 Å². The van der Waals surface area contributed by atoms with Gasteiger partial charge in [-0.15, -0.1) is 23.1 Å². The first-order chi connectivity index (χ1) is 13.9. The van der Waals surface area contributed by atoms with E-state index in [4.69, 9.17) is 11.6 Å². The number of thioether (sulfide) groups is 1. The Morgan fingerprint density at radius 2 is 2.21 bits per heavy atom. The fourth-order valence-corrected chi connectivity index (χ4v) is 5.43. The molecule has 0 fully saturated rings. The highest BCUT2D eigenvalue weighted by molar-refractivity contribution is 7.99. The van der Waals surface area contributed by atoms with Crippen molar-refractivity contribution in [3.05, 3.63) is 70.5 Å². The first-order valence-electron chi connectivity index (χ1n) is 8.60. The number of rotatable bonds is 7. The third kappa shape index (κ3) is 4.02. The van der Waals surface area contributed by atoms with Crippen LogP contribution in [0.5, 0.6) is 0 Å². The van der Waals surface area contributed by atoms with Crippen molar-refractivity contribution >= 4 is 39.7 Å². The Morgan fingerprint density at radius 1 is 1.38 bits per heavy atom. The predicted octanol–water partition coefficient (Wildman–Crippen LogP) is 4.13. The van der Waals surface area contributed by atoms with Crippen LogP contribution >= 0.6 is 34.7 Å². The van der Waals surface area contributed by atoms with Crippen LogP contribution in [0.2, 0.25) is 5.15 Å². The number of imidazole rings is 1. The molecule has 4 rings (SSSR count). The monoisotopic (exact) mass is 455 g/mol. The normalized spacial score (nSPS) is 14.9. The molecule has 0 aliphatic rings. The number of aliphatic hydroxyl groups is 1. The van der Waals surface area contributed by atoms with Crippen LogP contribution in [0.4, 0.5) is 8.78 Å². The standard InChI is InChI=1S/C18H16ClF2N5OS2/c1-11(28-7-13-6-26-16(19)5-23-17(26)29-13)18(27,8-25-10-22-9-24-25)14-3-2-12(20)4-15(14)21/h2-6,9-11,27H,7-8H2,1H3/t11-,18-/m1/s1. The lowest BCUT2D eigenvalue weighted by molar-refractivity contribution is 0.0133. The largest absolute Gasteiger partial charge is 0.382 e. The van der Waals surface area contributed by atoms with Gasteiger partial charge in [0.2, 0.25) is 0 Å². The molecule has 0 bridgehead atoms. The van der Waals surface area contributed by atoms with Gasteiger partial charge < -0.3 is 5.11 Å². The Hall–Kier alpha value is -2.01. The van der Waals surface area contributed by atoms with E-state index in [1.807, 2.05) is 6.20 Å². The maximum absolute atomic E-state index is 14.6. The van der Waals surface area contributed by atoms with Gasteiger partial charge in [-0.2, -0.15) is 5.10 Å². The summed E-state index contributed by atoms with van der Waals surface area (Å²) < 4.78 is 31.2. The fourth-order valence-electron chi connectivity index (χ4n) is 3.05. The summed E-state index contributed by atoms with van der Waals surface area (Å²) in [5.74, 6) is -0.941. The summed E-state index contributed by atoms with van der Waals surface area (Å²) in [5, 5.41) is 15.6. The van der Waals surface area contributed by atoms with Crippen molar-refractivity contribution in [2.24, 2.45) is 0 Å². The van der Waals surface area contributed by atoms with Crippen LogP contribution in [-0.4, -0.2) is 34.5 Å². The van der Waals surface area contributed by atoms with Gasteiger partial charge in [-0.25, -0.2) is 23.4 Å². The zero-order valence-corrected chi connectivity index (χ0v) is 17.6. The number of thiazole rings is 1. The van der Waals surface area contributed by atoms with Crippen LogP contribution in [0, 0.1) is 11.6 Å². The molecule has 0 unspecified atom stereocenters. The van der Waals surface area contributed by atoms with Crippen molar-refractivity contribution < 1.29 is 13.9 Å². The lowest BCUT2D eigenvalue weighted by atomic mass is 9.90. The van der Waals surface area contributed by atoms with Crippen LogP contribution in [0.25, 0.3) is 4.96 Å². The van der Waals surface area contributed by atoms with Crippen molar-refractivity contribution in [1.82, 2.24) is 24.1 Å². The van der Waals surface area contributed by atoms with Crippen LogP contribution in [0.1, 0.15) is 17.4 Å². The number of hydrogen-bond donors (Lipinski definition) is 1. The number of benzene rings is 1. The molecule has 0 aliphatic heterocycles. The average molecular weight is 456 g/mol. The molecule has 0 saturated carbocycles. The van der Waals surface area contributed by atoms with E-state index >= 15 is 0 Å². The maximum Gasteiger partial charge on any atom is 0.195 e. The topological polar surface area (TPSA) is 68.2 Å². The minimum atomic E-state index is -1.63. The van der Waals surface area contributed by atoms with Gasteiger partial charge in [0.05, 0.1) is 12.7 Å². The van der Waals surface area contributed by atoms with Crippen LogP contribution in [0.15, 0.2) is 43.2 Å². The molecule has 2 atom stereocenters. The minimum Gasteiger partial charge on any atom is -0.382 e. The second kappa shape index (κ2) is 8.02. The lowest BCUT2D eigenvalue weighted by Crippen LogP contribution is -2.41. The Morgan fingerprint density at radius 3 is 2.90 bits per heavy atom. The molecule has 0 aliphatic carbocycles. The highest BCUT2D eigenvalue weighted by Crippen LogP contribution is 2.38. The molecule has 0 saturated heterocycles. The van der Waals surface area contributed by atoms with Gasteiger partial charge in [0.1, 0.15) is 35.0 Å². The number of nitrogens with zero attached hydrogens (tertiary/aromatic N) is 5. The lowest BCUT2D eigenvalue weighted by Gasteiger charge is -2.34. The second-order valence-electron chi connectivity index (χ2n) is 6.53. The third-order valence-electron chi connectivity index (χ3n) is 4.63. The summed E-state index contributed by atoms with van der Waals surface area (Å²) in [6.07, 6.45) is 6.26. The molecule has 29 heavy (non-hydrogen) atoms. The summed E-state index contributed by atoms with van der Waals surface area (Å²) in [4.78, 5) is 9.88. The zero-order valence-electron chi connectivity index (χ0n) is 15.2. The number of halogens is 3. The van der Waals surface area contributed by atoms with Crippen molar-refractivity contribution in [2.45, 2.75) is 30.1 Å². The average Bonchev–Trinajstić information content (AvgIpc) is 3.39. The van der Waals surface area contributed by atoms with E-state index in [9.17, 15) is 13.9 Å². The molecule has 3 aromatic heterocycles. The third-order valence-corrected chi connectivity index (χ3v) is 7.46. The van der Waals surface area contributed by atoms with Gasteiger partial charge in [0.25, 0.3) is 0 Å². The van der Waals surface area contributed by atoms with Gasteiger partial charge in [0, 0.05) is 33.7 Å². The molecule has 0 spiro atoms. The van der Waals surface area contributed by atoms with Crippen LogP contribution in [-0.2, 0) is 17.9 Å². The molecule has 3 heterocycles. The molecule has 11 heteroatoms. The Bertz CT molecular complexity index is 1130. The molecule has 1 aromatic carbocycles. The smallest absolute Gasteiger partial charge is 0.195 e. The molecule has 0 amide bonds. The molecule has 6 nitrogen and oxygen atoms in total. The number of hydrogen-bond acceptors (Lipinski definition) is 6. The van der Waals surface area contributed by atoms with Crippen LogP contribution in [0.3, 0.4) is 0 Å². The van der Waals surface area contributed by atoms with E-state index in [2.05, 4.69) is 15.1 Å². The number of aromatic nitrogens is 5. The van der Waals surface area contributed by atoms with Crippen LogP contribution < -0.4 is 0 Å². The van der Waals surface area contributed by atoms with E-state index in [1.54, 1.807) is 17.5 Å². The second-order valence-corrected chi connectivity index (χ2v) is 9.34. The van der Waals surface area contributed by atoms with Crippen molar-refractivity contribution in [3.63, 3.8) is 0 Å². The first-order valence-corrected chi connectivity index (χ1v) is 10.8. The van der Waals surface area contributed by atoms with Gasteiger partial charge in [-0.05, 0) is 6.07 Å². The summed E-state index contributed by atoms with van der Waals surface area (Å²) >= 11 is 9.02. The minimum absolute atomic E-state index is 0.0124. The Labute approximate surface area is 178 Å². The van der Waals surface area contributed by atoms with E-state index in [-0.39, 0.29) is 12.1 Å². The van der Waals surface area contributed by atoms with Gasteiger partial charge >= 0.3 is 0 Å². The molecule has 1 N–H and O–H groups in total. The van der Waals surface area contributed by atoms with Gasteiger partial charge in [-0.1, -0.05) is 24.6 Å². The van der Waals surface area contributed by atoms with Gasteiger partial charge in [0.15, 0.2) is 4.96 Å². The first kappa shape index (κ1) is 20.3. The Balaban J connectivity index is 1.60. The molecule has 0 radical (unpaired) electrons. The molecular weight excluding hydrogens is 440 g/mol. The Kier molecular flexibility index (Phi) is 5.60. The summed E-state index contributed by atoms with van der Waals surface area (Å²) in [6.45, 7) is 1.78. The zero-order chi connectivity index (χ0) is 20.6. The van der Waals surface area contributed by atoms with E-state index < -0.39 is 22.5 Å². The van der Waals surface area contributed by atoms with Crippen molar-refractivity contribution in [1.29, 1.82) is 0 Å². The van der Waals surface area contributed by atoms with E-state index in [0.717, 1.165) is 22.0 Å².